The maximum atomic E-state index is 11.5. The van der Waals surface area contributed by atoms with Crippen LogP contribution in [0.15, 0.2) is 0 Å². The summed E-state index contributed by atoms with van der Waals surface area (Å²) in [5.74, 6) is 0.0859. The van der Waals surface area contributed by atoms with Gasteiger partial charge in [-0.15, -0.1) is 11.6 Å². The van der Waals surface area contributed by atoms with Crippen LogP contribution in [0.3, 0.4) is 0 Å². The highest BCUT2D eigenvalue weighted by Crippen LogP contribution is 2.22. The van der Waals surface area contributed by atoms with Crippen molar-refractivity contribution in [3.8, 4) is 0 Å². The molecule has 0 N–H and O–H groups in total. The highest BCUT2D eigenvalue weighted by atomic mass is 35.5. The van der Waals surface area contributed by atoms with Gasteiger partial charge in [-0.3, -0.25) is 4.79 Å². The molecule has 13 heavy (non-hydrogen) atoms. The largest absolute Gasteiger partial charge is 0.300 e. The van der Waals surface area contributed by atoms with Crippen LogP contribution in [-0.4, -0.2) is 16.9 Å². The van der Waals surface area contributed by atoms with Crippen LogP contribution in [0.5, 0.6) is 0 Å². The van der Waals surface area contributed by atoms with Crippen molar-refractivity contribution in [3.05, 3.63) is 0 Å². The zero-order chi connectivity index (χ0) is 10.6. The molecule has 0 bridgehead atoms. The summed E-state index contributed by atoms with van der Waals surface area (Å²) in [5, 5.41) is -0.524. The Labute approximate surface area is 84.7 Å². The van der Waals surface area contributed by atoms with Crippen molar-refractivity contribution in [2.24, 2.45) is 5.41 Å². The van der Waals surface area contributed by atoms with Crippen LogP contribution in [0.25, 0.3) is 0 Å². The molecule has 76 valence electrons. The van der Waals surface area contributed by atoms with Crippen LogP contribution < -0.4 is 0 Å². The summed E-state index contributed by atoms with van der Waals surface area (Å²) in [7, 11) is 0. The first-order valence-electron chi connectivity index (χ1n) is 4.43. The first-order chi connectivity index (χ1) is 5.75. The first kappa shape index (κ1) is 12.6. The van der Waals surface area contributed by atoms with Crippen molar-refractivity contribution in [2.75, 3.05) is 0 Å². The minimum absolute atomic E-state index is 0.00965. The average Bonchev–Trinajstić information content (AvgIpc) is 1.96. The van der Waals surface area contributed by atoms with Crippen molar-refractivity contribution >= 4 is 23.2 Å². The number of Topliss-reactive ketones (excluding diaryl/α,β-unsaturated/α-hetero) is 2. The number of hydrogen-bond acceptors (Lipinski definition) is 2. The molecule has 0 radical (unpaired) electrons. The van der Waals surface area contributed by atoms with Gasteiger partial charge in [0, 0.05) is 11.8 Å². The third kappa shape index (κ3) is 5.04. The van der Waals surface area contributed by atoms with E-state index in [-0.39, 0.29) is 11.6 Å². The Morgan fingerprint density at radius 1 is 1.31 bits per heavy atom. The van der Waals surface area contributed by atoms with E-state index < -0.39 is 10.8 Å². The molecule has 0 saturated heterocycles. The number of carbonyl (C=O) groups is 2. The normalized spacial score (nSPS) is 13.9. The Morgan fingerprint density at radius 3 is 2.08 bits per heavy atom. The van der Waals surface area contributed by atoms with Crippen LogP contribution >= 0.6 is 11.6 Å². The fraction of sp³-hybridized carbons (Fsp3) is 0.800. The van der Waals surface area contributed by atoms with E-state index in [0.717, 1.165) is 0 Å². The minimum Gasteiger partial charge on any atom is -0.300 e. The molecule has 0 aliphatic carbocycles. The van der Waals surface area contributed by atoms with E-state index in [4.69, 9.17) is 11.6 Å². The first-order valence-corrected chi connectivity index (χ1v) is 4.86. The molecule has 0 amide bonds. The number of ketones is 2. The molecule has 0 aromatic carbocycles. The molecule has 1 atom stereocenters. The van der Waals surface area contributed by atoms with Gasteiger partial charge in [-0.1, -0.05) is 20.8 Å². The summed E-state index contributed by atoms with van der Waals surface area (Å²) in [4.78, 5) is 22.2. The minimum atomic E-state index is -0.524. The van der Waals surface area contributed by atoms with Gasteiger partial charge in [-0.25, -0.2) is 0 Å². The molecule has 1 unspecified atom stereocenters. The standard InChI is InChI=1S/C10H17ClO2/c1-7(12)5-6-8(11)9(13)10(2,3)4/h8H,5-6H2,1-4H3. The van der Waals surface area contributed by atoms with Gasteiger partial charge in [0.1, 0.15) is 5.78 Å². The summed E-state index contributed by atoms with van der Waals surface area (Å²) >= 11 is 5.86. The highest BCUT2D eigenvalue weighted by Gasteiger charge is 2.27. The molecular formula is C10H17ClO2. The quantitative estimate of drug-likeness (QED) is 0.660. The average molecular weight is 205 g/mol. The smallest absolute Gasteiger partial charge is 0.155 e. The summed E-state index contributed by atoms with van der Waals surface area (Å²) in [6.45, 7) is 7.00. The van der Waals surface area contributed by atoms with Gasteiger partial charge in [0.15, 0.2) is 5.78 Å². The van der Waals surface area contributed by atoms with Gasteiger partial charge >= 0.3 is 0 Å². The van der Waals surface area contributed by atoms with Crippen LogP contribution in [0.2, 0.25) is 0 Å². The number of hydrogen-bond donors (Lipinski definition) is 0. The Bertz CT molecular complexity index is 203. The molecule has 2 nitrogen and oxygen atoms in total. The lowest BCUT2D eigenvalue weighted by Gasteiger charge is -2.19. The van der Waals surface area contributed by atoms with E-state index in [2.05, 4.69) is 0 Å². The van der Waals surface area contributed by atoms with E-state index in [9.17, 15) is 9.59 Å². The molecule has 0 aliphatic rings. The van der Waals surface area contributed by atoms with Crippen LogP contribution in [0.1, 0.15) is 40.5 Å². The molecule has 3 heteroatoms. The van der Waals surface area contributed by atoms with Crippen molar-refractivity contribution in [2.45, 2.75) is 45.9 Å². The topological polar surface area (TPSA) is 34.1 Å². The third-order valence-corrected chi connectivity index (χ3v) is 2.19. The Balaban J connectivity index is 4.05. The molecule has 0 aliphatic heterocycles. The maximum Gasteiger partial charge on any atom is 0.155 e. The Morgan fingerprint density at radius 2 is 1.77 bits per heavy atom. The zero-order valence-electron chi connectivity index (χ0n) is 8.69. The fourth-order valence-electron chi connectivity index (χ4n) is 0.931. The lowest BCUT2D eigenvalue weighted by Crippen LogP contribution is -2.29. The SMILES string of the molecule is CC(=O)CCC(Cl)C(=O)C(C)(C)C. The summed E-state index contributed by atoms with van der Waals surface area (Å²) < 4.78 is 0. The molecule has 0 saturated carbocycles. The van der Waals surface area contributed by atoms with Crippen molar-refractivity contribution < 1.29 is 9.59 Å². The van der Waals surface area contributed by atoms with Crippen LogP contribution in [0, 0.1) is 5.41 Å². The van der Waals surface area contributed by atoms with E-state index >= 15 is 0 Å². The Kier molecular flexibility index (Phi) is 4.62. The van der Waals surface area contributed by atoms with Gasteiger partial charge in [-0.05, 0) is 13.3 Å². The van der Waals surface area contributed by atoms with E-state index in [1.807, 2.05) is 20.8 Å². The molecule has 0 aromatic rings. The summed E-state index contributed by atoms with van der Waals surface area (Å²) in [6, 6.07) is 0. The molecule has 0 rings (SSSR count). The van der Waals surface area contributed by atoms with Crippen molar-refractivity contribution in [1.29, 1.82) is 0 Å². The van der Waals surface area contributed by atoms with Gasteiger partial charge in [-0.2, -0.15) is 0 Å². The predicted molar refractivity (Wildman–Crippen MR) is 54.0 cm³/mol. The van der Waals surface area contributed by atoms with E-state index in [1.54, 1.807) is 0 Å². The van der Waals surface area contributed by atoms with Crippen LogP contribution in [0.4, 0.5) is 0 Å². The molecule has 0 heterocycles. The summed E-state index contributed by atoms with van der Waals surface area (Å²) in [6.07, 6.45) is 0.836. The van der Waals surface area contributed by atoms with Gasteiger partial charge in [0.2, 0.25) is 0 Å². The fourth-order valence-corrected chi connectivity index (χ4v) is 1.37. The van der Waals surface area contributed by atoms with Crippen LogP contribution in [-0.2, 0) is 9.59 Å². The molecule has 0 spiro atoms. The van der Waals surface area contributed by atoms with Gasteiger partial charge in [0.25, 0.3) is 0 Å². The second kappa shape index (κ2) is 4.75. The number of carbonyl (C=O) groups excluding carboxylic acids is 2. The second-order valence-corrected chi connectivity index (χ2v) is 4.85. The van der Waals surface area contributed by atoms with Crippen molar-refractivity contribution in [3.63, 3.8) is 0 Å². The zero-order valence-corrected chi connectivity index (χ0v) is 9.44. The van der Waals surface area contributed by atoms with Gasteiger partial charge < -0.3 is 4.79 Å². The third-order valence-electron chi connectivity index (χ3n) is 1.77. The number of alkyl halides is 1. The summed E-state index contributed by atoms with van der Waals surface area (Å²) in [5.41, 5.74) is -0.413. The lowest BCUT2D eigenvalue weighted by molar-refractivity contribution is -0.126. The number of rotatable bonds is 4. The maximum absolute atomic E-state index is 11.5. The van der Waals surface area contributed by atoms with Gasteiger partial charge in [0.05, 0.1) is 5.38 Å². The lowest BCUT2D eigenvalue weighted by atomic mass is 9.87. The molecule has 0 aromatic heterocycles. The molecular weight excluding hydrogens is 188 g/mol. The Hall–Kier alpha value is -0.370. The van der Waals surface area contributed by atoms with E-state index in [1.165, 1.54) is 6.92 Å². The monoisotopic (exact) mass is 204 g/mol. The van der Waals surface area contributed by atoms with Crippen molar-refractivity contribution in [1.82, 2.24) is 0 Å². The predicted octanol–water partition coefficient (Wildman–Crippen LogP) is 2.58. The van der Waals surface area contributed by atoms with E-state index in [0.29, 0.717) is 12.8 Å². The second-order valence-electron chi connectivity index (χ2n) is 4.32. The molecule has 0 fully saturated rings. The number of halogens is 1. The highest BCUT2D eigenvalue weighted by molar-refractivity contribution is 6.31.